The number of nitrogens with zero attached hydrogens (tertiary/aromatic N) is 2. The fourth-order valence-corrected chi connectivity index (χ4v) is 5.93. The predicted octanol–water partition coefficient (Wildman–Crippen LogP) is 3.98. The van der Waals surface area contributed by atoms with Gasteiger partial charge in [-0.25, -0.2) is 21.6 Å². The lowest BCUT2D eigenvalue weighted by Crippen LogP contribution is -2.47. The van der Waals surface area contributed by atoms with Gasteiger partial charge in [0, 0.05) is 61.8 Å². The Labute approximate surface area is 233 Å². The van der Waals surface area contributed by atoms with Crippen molar-refractivity contribution in [3.05, 3.63) is 45.8 Å². The van der Waals surface area contributed by atoms with Crippen molar-refractivity contribution in [3.63, 3.8) is 0 Å². The molecule has 2 heterocycles. The molecular weight excluding hydrogens is 588 g/mol. The third-order valence-corrected chi connectivity index (χ3v) is 8.07. The van der Waals surface area contributed by atoms with Gasteiger partial charge in [0.25, 0.3) is 5.91 Å². The Morgan fingerprint density at radius 3 is 2.45 bits per heavy atom. The molecular formula is C25H30ClF6N3O4S. The summed E-state index contributed by atoms with van der Waals surface area (Å²) in [6.07, 6.45) is -3.10. The first-order valence-electron chi connectivity index (χ1n) is 12.5. The van der Waals surface area contributed by atoms with Crippen LogP contribution in [-0.2, 0) is 19.4 Å². The standard InChI is InChI=1S/C25H30ClF6N3O4S/c1-15(6-11-40(2,38)39)33-23(37)24(29)7-3-9-35(10-8-24)22(36)17-13-34(14-25(30,31)32)12-16(17)20-18(27)4-5-19(28)21(20)26/h4-6,11,15-17H,3,7-10,12-14H2,1-2H3,(H,33,37)/b11-6-/t15-,16+,17-,24-/m1/s1. The van der Waals surface area contributed by atoms with Crippen LogP contribution in [0.15, 0.2) is 23.6 Å². The molecule has 1 aromatic carbocycles. The molecule has 1 N–H and O–H groups in total. The summed E-state index contributed by atoms with van der Waals surface area (Å²) in [6, 6.07) is 0.762. The van der Waals surface area contributed by atoms with Crippen molar-refractivity contribution in [1.82, 2.24) is 15.1 Å². The molecule has 7 nitrogen and oxygen atoms in total. The minimum Gasteiger partial charge on any atom is -0.347 e. The molecule has 0 aliphatic carbocycles. The average molecular weight is 618 g/mol. The molecule has 2 amide bonds. The lowest BCUT2D eigenvalue weighted by molar-refractivity contribution is -0.146. The number of alkyl halides is 4. The van der Waals surface area contributed by atoms with Gasteiger partial charge in [-0.1, -0.05) is 17.7 Å². The molecule has 0 aromatic heterocycles. The van der Waals surface area contributed by atoms with Crippen LogP contribution in [0.2, 0.25) is 5.02 Å². The van der Waals surface area contributed by atoms with Gasteiger partial charge in [-0.05, 0) is 31.9 Å². The molecule has 224 valence electrons. The summed E-state index contributed by atoms with van der Waals surface area (Å²) in [5, 5.41) is 2.65. The molecule has 2 aliphatic rings. The van der Waals surface area contributed by atoms with E-state index in [9.17, 15) is 40.0 Å². The molecule has 0 bridgehead atoms. The van der Waals surface area contributed by atoms with Crippen LogP contribution in [0, 0.1) is 17.6 Å². The first kappa shape index (κ1) is 32.2. The molecule has 0 saturated carbocycles. The summed E-state index contributed by atoms with van der Waals surface area (Å²) in [6.45, 7) is -0.989. The fraction of sp³-hybridized carbons (Fsp3) is 0.600. The summed E-state index contributed by atoms with van der Waals surface area (Å²) in [7, 11) is -3.46. The predicted molar refractivity (Wildman–Crippen MR) is 136 cm³/mol. The minimum absolute atomic E-state index is 0.0107. The summed E-state index contributed by atoms with van der Waals surface area (Å²) in [5.74, 6) is -6.03. The number of halogens is 7. The van der Waals surface area contributed by atoms with Crippen LogP contribution in [0.3, 0.4) is 0 Å². The number of likely N-dealkylation sites (tertiary alicyclic amines) is 2. The summed E-state index contributed by atoms with van der Waals surface area (Å²) in [4.78, 5) is 28.4. The van der Waals surface area contributed by atoms with Crippen molar-refractivity contribution in [2.75, 3.05) is 39.0 Å². The van der Waals surface area contributed by atoms with Crippen molar-refractivity contribution in [2.24, 2.45) is 5.92 Å². The zero-order chi connectivity index (χ0) is 30.0. The number of nitrogens with one attached hydrogen (secondary N) is 1. The fourth-order valence-electron chi connectivity index (χ4n) is 5.12. The Balaban J connectivity index is 1.79. The van der Waals surface area contributed by atoms with E-state index in [1.54, 1.807) is 0 Å². The molecule has 40 heavy (non-hydrogen) atoms. The van der Waals surface area contributed by atoms with Gasteiger partial charge in [-0.2, -0.15) is 13.2 Å². The zero-order valence-electron chi connectivity index (χ0n) is 21.8. The van der Waals surface area contributed by atoms with Crippen molar-refractivity contribution in [3.8, 4) is 0 Å². The van der Waals surface area contributed by atoms with E-state index in [4.69, 9.17) is 11.6 Å². The zero-order valence-corrected chi connectivity index (χ0v) is 23.4. The second kappa shape index (κ2) is 12.3. The van der Waals surface area contributed by atoms with Crippen molar-refractivity contribution < 1.29 is 44.3 Å². The highest BCUT2D eigenvalue weighted by molar-refractivity contribution is 7.93. The molecule has 4 atom stereocenters. The minimum atomic E-state index is -4.61. The normalized spacial score (nSPS) is 25.7. The molecule has 2 aliphatic heterocycles. The quantitative estimate of drug-likeness (QED) is 0.370. The highest BCUT2D eigenvalue weighted by Gasteiger charge is 2.47. The van der Waals surface area contributed by atoms with Gasteiger partial charge in [0.05, 0.1) is 17.5 Å². The molecule has 0 spiro atoms. The van der Waals surface area contributed by atoms with E-state index < -0.39 is 99.6 Å². The van der Waals surface area contributed by atoms with Crippen LogP contribution in [-0.4, -0.2) is 86.9 Å². The van der Waals surface area contributed by atoms with Crippen LogP contribution < -0.4 is 5.32 Å². The lowest BCUT2D eigenvalue weighted by Gasteiger charge is -2.28. The highest BCUT2D eigenvalue weighted by Crippen LogP contribution is 2.41. The maximum absolute atomic E-state index is 15.7. The van der Waals surface area contributed by atoms with Crippen molar-refractivity contribution >= 4 is 33.3 Å². The number of amides is 2. The Morgan fingerprint density at radius 2 is 1.82 bits per heavy atom. The Bertz CT molecular complexity index is 1260. The van der Waals surface area contributed by atoms with E-state index in [2.05, 4.69) is 5.32 Å². The molecule has 3 rings (SSSR count). The number of rotatable bonds is 7. The van der Waals surface area contributed by atoms with Gasteiger partial charge in [0.1, 0.15) is 11.6 Å². The molecule has 0 radical (unpaired) electrons. The van der Waals surface area contributed by atoms with E-state index >= 15 is 4.39 Å². The summed E-state index contributed by atoms with van der Waals surface area (Å²) in [5.41, 5.74) is -2.78. The van der Waals surface area contributed by atoms with Crippen molar-refractivity contribution in [2.45, 2.75) is 50.0 Å². The summed E-state index contributed by atoms with van der Waals surface area (Å²) < 4.78 is 107. The second-order valence-corrected chi connectivity index (χ2v) is 12.7. The number of hydrogen-bond acceptors (Lipinski definition) is 5. The van der Waals surface area contributed by atoms with Crippen LogP contribution in [0.25, 0.3) is 0 Å². The number of carbonyl (C=O) groups is 2. The van der Waals surface area contributed by atoms with Gasteiger partial charge in [-0.15, -0.1) is 0 Å². The average Bonchev–Trinajstić information content (AvgIpc) is 3.11. The highest BCUT2D eigenvalue weighted by atomic mass is 35.5. The number of benzene rings is 1. The molecule has 0 unspecified atom stereocenters. The second-order valence-electron chi connectivity index (χ2n) is 10.3. The van der Waals surface area contributed by atoms with Crippen LogP contribution >= 0.6 is 11.6 Å². The first-order valence-corrected chi connectivity index (χ1v) is 14.8. The smallest absolute Gasteiger partial charge is 0.347 e. The number of hydrogen-bond donors (Lipinski definition) is 1. The maximum Gasteiger partial charge on any atom is 0.401 e. The van der Waals surface area contributed by atoms with Gasteiger partial charge >= 0.3 is 6.18 Å². The Kier molecular flexibility index (Phi) is 9.88. The van der Waals surface area contributed by atoms with Gasteiger partial charge in [-0.3, -0.25) is 14.5 Å². The largest absolute Gasteiger partial charge is 0.401 e. The van der Waals surface area contributed by atoms with Crippen LogP contribution in [0.4, 0.5) is 26.3 Å². The third-order valence-electron chi connectivity index (χ3n) is 7.04. The molecule has 1 aromatic rings. The number of sulfone groups is 1. The Hall–Kier alpha value is -2.32. The topological polar surface area (TPSA) is 86.8 Å². The van der Waals surface area contributed by atoms with Gasteiger partial charge in [0.2, 0.25) is 5.91 Å². The monoisotopic (exact) mass is 617 g/mol. The van der Waals surface area contributed by atoms with Crippen molar-refractivity contribution in [1.29, 1.82) is 0 Å². The molecule has 2 fully saturated rings. The van der Waals surface area contributed by atoms with Gasteiger partial charge < -0.3 is 10.2 Å². The van der Waals surface area contributed by atoms with E-state index in [1.165, 1.54) is 17.9 Å². The van der Waals surface area contributed by atoms with Crippen LogP contribution in [0.1, 0.15) is 37.7 Å². The third kappa shape index (κ3) is 8.12. The first-order chi connectivity index (χ1) is 18.4. The number of carbonyl (C=O) groups excluding carboxylic acids is 2. The Morgan fingerprint density at radius 1 is 1.18 bits per heavy atom. The van der Waals surface area contributed by atoms with Gasteiger partial charge in [0.15, 0.2) is 15.5 Å². The van der Waals surface area contributed by atoms with E-state index in [-0.39, 0.29) is 25.9 Å². The van der Waals surface area contributed by atoms with E-state index in [0.717, 1.165) is 28.7 Å². The maximum atomic E-state index is 15.7. The SMILES string of the molecule is C[C@H](/C=C\S(C)(=O)=O)NC(=O)[C@@]1(F)CCCN(C(=O)[C@@H]2CN(CC(F)(F)F)C[C@@H]2c2c(F)ccc(F)c2Cl)CC1. The molecule has 15 heteroatoms. The molecule has 2 saturated heterocycles. The van der Waals surface area contributed by atoms with E-state index in [0.29, 0.717) is 0 Å². The lowest BCUT2D eigenvalue weighted by atomic mass is 9.87. The van der Waals surface area contributed by atoms with Crippen LogP contribution in [0.5, 0.6) is 0 Å². The van der Waals surface area contributed by atoms with E-state index in [1.807, 2.05) is 0 Å². The summed E-state index contributed by atoms with van der Waals surface area (Å²) >= 11 is 5.99.